The van der Waals surface area contributed by atoms with Gasteiger partial charge in [-0.3, -0.25) is 14.9 Å². The number of hydrogen-bond acceptors (Lipinski definition) is 4. The first-order valence-electron chi connectivity index (χ1n) is 4.63. The molecule has 1 N–H and O–H groups in total. The molecule has 0 saturated heterocycles. The number of aliphatic carboxylic acids is 1. The summed E-state index contributed by atoms with van der Waals surface area (Å²) in [5.41, 5.74) is -1.06. The summed E-state index contributed by atoms with van der Waals surface area (Å²) in [5, 5.41) is 19.5. The fourth-order valence-electron chi connectivity index (χ4n) is 1.41. The highest BCUT2D eigenvalue weighted by Crippen LogP contribution is 2.34. The van der Waals surface area contributed by atoms with Crippen molar-refractivity contribution in [2.45, 2.75) is 12.8 Å². The lowest BCUT2D eigenvalue weighted by molar-refractivity contribution is -0.385. The topological polar surface area (TPSA) is 89.7 Å². The fourth-order valence-corrected chi connectivity index (χ4v) is 1.41. The smallest absolute Gasteiger partial charge is 0.311 e. The van der Waals surface area contributed by atoms with Crippen molar-refractivity contribution >= 4 is 11.7 Å². The molecule has 0 aliphatic carbocycles. The number of halogens is 1. The van der Waals surface area contributed by atoms with Gasteiger partial charge in [0.2, 0.25) is 0 Å². The SMILES string of the molecule is COc1ccc([N+](=O)[O-])c(C(C)C(=O)O)c1F. The van der Waals surface area contributed by atoms with Gasteiger partial charge in [-0.05, 0) is 13.0 Å². The second-order valence-electron chi connectivity index (χ2n) is 3.33. The molecule has 7 heteroatoms. The molecule has 1 unspecified atom stereocenters. The fraction of sp³-hybridized carbons (Fsp3) is 0.300. The van der Waals surface area contributed by atoms with Gasteiger partial charge in [-0.2, -0.15) is 0 Å². The van der Waals surface area contributed by atoms with Gasteiger partial charge in [-0.25, -0.2) is 4.39 Å². The van der Waals surface area contributed by atoms with Crippen LogP contribution in [0.4, 0.5) is 10.1 Å². The average Bonchev–Trinajstić information content (AvgIpc) is 2.27. The van der Waals surface area contributed by atoms with Gasteiger partial charge in [0, 0.05) is 6.07 Å². The van der Waals surface area contributed by atoms with Crippen LogP contribution in [-0.4, -0.2) is 23.1 Å². The number of carboxylic acids is 1. The van der Waals surface area contributed by atoms with E-state index in [2.05, 4.69) is 4.74 Å². The first kappa shape index (κ1) is 12.9. The third kappa shape index (κ3) is 2.32. The summed E-state index contributed by atoms with van der Waals surface area (Å²) in [4.78, 5) is 20.7. The molecule has 1 aromatic rings. The molecule has 0 aliphatic rings. The number of hydrogen-bond donors (Lipinski definition) is 1. The highest BCUT2D eigenvalue weighted by atomic mass is 19.1. The molecule has 0 heterocycles. The summed E-state index contributed by atoms with van der Waals surface area (Å²) in [6, 6.07) is 2.11. The molecule has 0 fully saturated rings. The molecule has 0 amide bonds. The van der Waals surface area contributed by atoms with Crippen LogP contribution in [0, 0.1) is 15.9 Å². The molecular weight excluding hydrogens is 233 g/mol. The Morgan fingerprint density at radius 2 is 2.18 bits per heavy atom. The van der Waals surface area contributed by atoms with Gasteiger partial charge < -0.3 is 9.84 Å². The van der Waals surface area contributed by atoms with E-state index in [1.54, 1.807) is 0 Å². The Bertz CT molecular complexity index is 474. The standard InChI is InChI=1S/C10H10FNO5/c1-5(10(13)14)8-6(12(15)16)3-4-7(17-2)9(8)11/h3-5H,1-2H3,(H,13,14). The van der Waals surface area contributed by atoms with E-state index in [-0.39, 0.29) is 5.75 Å². The van der Waals surface area contributed by atoms with Crippen LogP contribution < -0.4 is 4.74 Å². The summed E-state index contributed by atoms with van der Waals surface area (Å²) in [7, 11) is 1.19. The molecule has 92 valence electrons. The van der Waals surface area contributed by atoms with E-state index in [0.717, 1.165) is 12.1 Å². The quantitative estimate of drug-likeness (QED) is 0.644. The Morgan fingerprint density at radius 3 is 2.59 bits per heavy atom. The molecular formula is C10H10FNO5. The largest absolute Gasteiger partial charge is 0.494 e. The number of benzene rings is 1. The number of nitro benzene ring substituents is 1. The maximum absolute atomic E-state index is 13.8. The summed E-state index contributed by atoms with van der Waals surface area (Å²) in [6.45, 7) is 1.17. The highest BCUT2D eigenvalue weighted by Gasteiger charge is 2.29. The van der Waals surface area contributed by atoms with Gasteiger partial charge in [-0.15, -0.1) is 0 Å². The highest BCUT2D eigenvalue weighted by molar-refractivity contribution is 5.77. The molecule has 17 heavy (non-hydrogen) atoms. The van der Waals surface area contributed by atoms with E-state index in [0.29, 0.717) is 0 Å². The first-order valence-corrected chi connectivity index (χ1v) is 4.63. The predicted octanol–water partition coefficient (Wildman–Crippen LogP) is 1.93. The minimum Gasteiger partial charge on any atom is -0.494 e. The molecule has 1 rings (SSSR count). The van der Waals surface area contributed by atoms with Gasteiger partial charge in [0.1, 0.15) is 0 Å². The van der Waals surface area contributed by atoms with Crippen LogP contribution in [0.25, 0.3) is 0 Å². The van der Waals surface area contributed by atoms with Gasteiger partial charge in [0.25, 0.3) is 5.69 Å². The Labute approximate surface area is 95.8 Å². The lowest BCUT2D eigenvalue weighted by Crippen LogP contribution is -2.12. The molecule has 1 aromatic carbocycles. The molecule has 6 nitrogen and oxygen atoms in total. The molecule has 0 radical (unpaired) electrons. The number of carboxylic acid groups (broad SMARTS) is 1. The average molecular weight is 243 g/mol. The zero-order valence-electron chi connectivity index (χ0n) is 9.14. The third-order valence-corrected chi connectivity index (χ3v) is 2.34. The number of rotatable bonds is 4. The maximum Gasteiger partial charge on any atom is 0.311 e. The van der Waals surface area contributed by atoms with Crippen molar-refractivity contribution in [2.24, 2.45) is 0 Å². The van der Waals surface area contributed by atoms with Gasteiger partial charge in [-0.1, -0.05) is 0 Å². The first-order chi connectivity index (χ1) is 7.90. The summed E-state index contributed by atoms with van der Waals surface area (Å²) in [6.07, 6.45) is 0. The number of methoxy groups -OCH3 is 1. The Hall–Kier alpha value is -2.18. The zero-order chi connectivity index (χ0) is 13.2. The molecule has 0 saturated carbocycles. The summed E-state index contributed by atoms with van der Waals surface area (Å²) in [5.74, 6) is -3.92. The van der Waals surface area contributed by atoms with E-state index in [1.807, 2.05) is 0 Å². The van der Waals surface area contributed by atoms with Gasteiger partial charge in [0.15, 0.2) is 11.6 Å². The van der Waals surface area contributed by atoms with Crippen LogP contribution >= 0.6 is 0 Å². The predicted molar refractivity (Wildman–Crippen MR) is 55.7 cm³/mol. The van der Waals surface area contributed by atoms with E-state index in [4.69, 9.17) is 5.11 Å². The molecule has 0 aliphatic heterocycles. The second kappa shape index (κ2) is 4.77. The van der Waals surface area contributed by atoms with Gasteiger partial charge >= 0.3 is 5.97 Å². The normalized spacial score (nSPS) is 11.9. The lowest BCUT2D eigenvalue weighted by atomic mass is 9.98. The maximum atomic E-state index is 13.8. The molecule has 1 atom stereocenters. The van der Waals surface area contributed by atoms with Crippen LogP contribution in [0.1, 0.15) is 18.4 Å². The Balaban J connectivity index is 3.50. The lowest BCUT2D eigenvalue weighted by Gasteiger charge is -2.11. The van der Waals surface area contributed by atoms with Crippen LogP contribution in [0.5, 0.6) is 5.75 Å². The van der Waals surface area contributed by atoms with E-state index >= 15 is 0 Å². The van der Waals surface area contributed by atoms with Crippen LogP contribution in [0.2, 0.25) is 0 Å². The van der Waals surface area contributed by atoms with Crippen molar-refractivity contribution in [3.8, 4) is 5.75 Å². The number of ether oxygens (including phenoxy) is 1. The second-order valence-corrected chi connectivity index (χ2v) is 3.33. The van der Waals surface area contributed by atoms with E-state index in [9.17, 15) is 19.3 Å². The number of nitrogens with zero attached hydrogens (tertiary/aromatic N) is 1. The third-order valence-electron chi connectivity index (χ3n) is 2.34. The molecule has 0 aromatic heterocycles. The molecule has 0 bridgehead atoms. The van der Waals surface area contributed by atoms with E-state index in [1.165, 1.54) is 14.0 Å². The van der Waals surface area contributed by atoms with Crippen molar-refractivity contribution in [3.63, 3.8) is 0 Å². The monoisotopic (exact) mass is 243 g/mol. The number of carbonyl (C=O) groups is 1. The van der Waals surface area contributed by atoms with Crippen molar-refractivity contribution in [1.29, 1.82) is 0 Å². The van der Waals surface area contributed by atoms with Crippen LogP contribution in [0.3, 0.4) is 0 Å². The van der Waals surface area contributed by atoms with Crippen molar-refractivity contribution in [1.82, 2.24) is 0 Å². The molecule has 0 spiro atoms. The van der Waals surface area contributed by atoms with Crippen molar-refractivity contribution < 1.29 is 24.0 Å². The van der Waals surface area contributed by atoms with E-state index < -0.39 is 33.9 Å². The summed E-state index contributed by atoms with van der Waals surface area (Å²) >= 11 is 0. The van der Waals surface area contributed by atoms with Crippen LogP contribution in [0.15, 0.2) is 12.1 Å². The van der Waals surface area contributed by atoms with Crippen molar-refractivity contribution in [2.75, 3.05) is 7.11 Å². The Morgan fingerprint density at radius 1 is 1.59 bits per heavy atom. The Kier molecular flexibility index (Phi) is 3.62. The summed E-state index contributed by atoms with van der Waals surface area (Å²) < 4.78 is 18.5. The van der Waals surface area contributed by atoms with Crippen LogP contribution in [-0.2, 0) is 4.79 Å². The zero-order valence-corrected chi connectivity index (χ0v) is 9.14. The van der Waals surface area contributed by atoms with Crippen molar-refractivity contribution in [3.05, 3.63) is 33.6 Å². The minimum atomic E-state index is -1.35. The number of nitro groups is 1. The minimum absolute atomic E-state index is 0.223. The van der Waals surface area contributed by atoms with Gasteiger partial charge in [0.05, 0.1) is 23.5 Å².